The van der Waals surface area contributed by atoms with Gasteiger partial charge in [0.1, 0.15) is 0 Å². The molecule has 0 bridgehead atoms. The lowest BCUT2D eigenvalue weighted by Gasteiger charge is -2.09. The predicted octanol–water partition coefficient (Wildman–Crippen LogP) is 1.91. The van der Waals surface area contributed by atoms with E-state index >= 15 is 0 Å². The molecule has 0 aliphatic heterocycles. The molecule has 72 valence electrons. The zero-order valence-corrected chi connectivity index (χ0v) is 9.34. The second kappa shape index (κ2) is 4.58. The van der Waals surface area contributed by atoms with E-state index < -0.39 is 0 Å². The van der Waals surface area contributed by atoms with E-state index in [4.69, 9.17) is 10.5 Å². The van der Waals surface area contributed by atoms with Gasteiger partial charge in [-0.3, -0.25) is 0 Å². The molecule has 4 heteroatoms. The number of nitrogens with zero attached hydrogens (tertiary/aromatic N) is 1. The van der Waals surface area contributed by atoms with Gasteiger partial charge in [-0.15, -0.1) is 0 Å². The average Bonchev–Trinajstić information content (AvgIpc) is 2.16. The van der Waals surface area contributed by atoms with Gasteiger partial charge in [-0.25, -0.2) is 4.98 Å². The normalized spacial score (nSPS) is 12.6. The molecule has 0 amide bonds. The van der Waals surface area contributed by atoms with E-state index in [9.17, 15) is 0 Å². The summed E-state index contributed by atoms with van der Waals surface area (Å²) in [5.74, 6) is 0.933. The Morgan fingerprint density at radius 3 is 2.85 bits per heavy atom. The first-order chi connectivity index (χ1) is 6.19. The highest BCUT2D eigenvalue weighted by Crippen LogP contribution is 2.25. The summed E-state index contributed by atoms with van der Waals surface area (Å²) in [5, 5.41) is 0. The van der Waals surface area contributed by atoms with Crippen molar-refractivity contribution in [2.45, 2.75) is 12.8 Å². The summed E-state index contributed by atoms with van der Waals surface area (Å²) in [6, 6.07) is 1.99. The van der Waals surface area contributed by atoms with E-state index in [0.717, 1.165) is 10.0 Å². The summed E-state index contributed by atoms with van der Waals surface area (Å²) < 4.78 is 5.89. The summed E-state index contributed by atoms with van der Waals surface area (Å²) in [7, 11) is 1.60. The Labute approximate surface area is 86.4 Å². The van der Waals surface area contributed by atoms with Gasteiger partial charge in [-0.1, -0.05) is 6.92 Å². The maximum Gasteiger partial charge on any atom is 0.227 e. The van der Waals surface area contributed by atoms with E-state index in [1.165, 1.54) is 0 Å². The van der Waals surface area contributed by atoms with Gasteiger partial charge >= 0.3 is 0 Å². The van der Waals surface area contributed by atoms with Crippen molar-refractivity contribution in [1.82, 2.24) is 4.98 Å². The van der Waals surface area contributed by atoms with Crippen molar-refractivity contribution in [3.8, 4) is 5.88 Å². The fourth-order valence-corrected chi connectivity index (χ4v) is 1.52. The van der Waals surface area contributed by atoms with Crippen LogP contribution in [0.3, 0.4) is 0 Å². The molecule has 0 spiro atoms. The van der Waals surface area contributed by atoms with Crippen molar-refractivity contribution in [3.63, 3.8) is 0 Å². The molecular weight excluding hydrogens is 232 g/mol. The van der Waals surface area contributed by atoms with Crippen LogP contribution >= 0.6 is 15.9 Å². The summed E-state index contributed by atoms with van der Waals surface area (Å²) in [4.78, 5) is 4.14. The predicted molar refractivity (Wildman–Crippen MR) is 56.0 cm³/mol. The summed E-state index contributed by atoms with van der Waals surface area (Å²) in [6.07, 6.45) is 1.79. The van der Waals surface area contributed by atoms with Crippen molar-refractivity contribution in [1.29, 1.82) is 0 Å². The number of halogens is 1. The number of rotatable bonds is 3. The Hall–Kier alpha value is -0.610. The Morgan fingerprint density at radius 2 is 2.38 bits per heavy atom. The standard InChI is InChI=1S/C9H13BrN2O/c1-6(4-11)7-3-8(10)9(13-2)12-5-7/h3,5-6H,4,11H2,1-2H3. The molecule has 13 heavy (non-hydrogen) atoms. The third kappa shape index (κ3) is 2.42. The fourth-order valence-electron chi connectivity index (χ4n) is 0.996. The van der Waals surface area contributed by atoms with Crippen LogP contribution in [0.5, 0.6) is 5.88 Å². The molecular formula is C9H13BrN2O. The van der Waals surface area contributed by atoms with Crippen LogP contribution in [-0.4, -0.2) is 18.6 Å². The topological polar surface area (TPSA) is 48.1 Å². The van der Waals surface area contributed by atoms with E-state index in [2.05, 4.69) is 27.8 Å². The van der Waals surface area contributed by atoms with Gasteiger partial charge in [-0.2, -0.15) is 0 Å². The Bertz CT molecular complexity index is 291. The second-order valence-electron chi connectivity index (χ2n) is 2.90. The number of hydrogen-bond donors (Lipinski definition) is 1. The molecule has 1 aromatic heterocycles. The highest BCUT2D eigenvalue weighted by molar-refractivity contribution is 9.10. The van der Waals surface area contributed by atoms with Crippen LogP contribution in [0.25, 0.3) is 0 Å². The van der Waals surface area contributed by atoms with Crippen molar-refractivity contribution in [2.24, 2.45) is 5.73 Å². The van der Waals surface area contributed by atoms with Crippen LogP contribution < -0.4 is 10.5 Å². The number of aromatic nitrogens is 1. The molecule has 1 aromatic rings. The van der Waals surface area contributed by atoms with Crippen LogP contribution in [0.4, 0.5) is 0 Å². The average molecular weight is 245 g/mol. The maximum absolute atomic E-state index is 5.55. The molecule has 1 atom stereocenters. The first-order valence-corrected chi connectivity index (χ1v) is 4.87. The Morgan fingerprint density at radius 1 is 1.69 bits per heavy atom. The van der Waals surface area contributed by atoms with Gasteiger partial charge in [-0.05, 0) is 40.0 Å². The maximum atomic E-state index is 5.55. The number of methoxy groups -OCH3 is 1. The molecule has 1 rings (SSSR count). The lowest BCUT2D eigenvalue weighted by molar-refractivity contribution is 0.394. The van der Waals surface area contributed by atoms with Gasteiger partial charge < -0.3 is 10.5 Å². The van der Waals surface area contributed by atoms with Gasteiger partial charge in [0.2, 0.25) is 5.88 Å². The SMILES string of the molecule is COc1ncc(C(C)CN)cc1Br. The van der Waals surface area contributed by atoms with Gasteiger partial charge in [0.25, 0.3) is 0 Å². The van der Waals surface area contributed by atoms with Crippen molar-refractivity contribution < 1.29 is 4.74 Å². The van der Waals surface area contributed by atoms with E-state index in [1.807, 2.05) is 6.07 Å². The number of ether oxygens (including phenoxy) is 1. The largest absolute Gasteiger partial charge is 0.480 e. The van der Waals surface area contributed by atoms with E-state index in [-0.39, 0.29) is 0 Å². The third-order valence-electron chi connectivity index (χ3n) is 1.94. The van der Waals surface area contributed by atoms with Crippen LogP contribution in [0, 0.1) is 0 Å². The zero-order chi connectivity index (χ0) is 9.84. The van der Waals surface area contributed by atoms with E-state index in [1.54, 1.807) is 13.3 Å². The highest BCUT2D eigenvalue weighted by atomic mass is 79.9. The summed E-state index contributed by atoms with van der Waals surface area (Å²) in [6.45, 7) is 2.69. The number of pyridine rings is 1. The first kappa shape index (κ1) is 10.5. The molecule has 1 heterocycles. The quantitative estimate of drug-likeness (QED) is 0.884. The highest BCUT2D eigenvalue weighted by Gasteiger charge is 2.07. The van der Waals surface area contributed by atoms with Crippen molar-refractivity contribution >= 4 is 15.9 Å². The van der Waals surface area contributed by atoms with Crippen LogP contribution in [0.15, 0.2) is 16.7 Å². The molecule has 0 fully saturated rings. The van der Waals surface area contributed by atoms with Crippen molar-refractivity contribution in [3.05, 3.63) is 22.3 Å². The lowest BCUT2D eigenvalue weighted by Crippen LogP contribution is -2.09. The molecule has 3 nitrogen and oxygen atoms in total. The minimum absolute atomic E-state index is 0.328. The minimum Gasteiger partial charge on any atom is -0.480 e. The smallest absolute Gasteiger partial charge is 0.227 e. The molecule has 1 unspecified atom stereocenters. The van der Waals surface area contributed by atoms with Gasteiger partial charge in [0, 0.05) is 6.20 Å². The number of hydrogen-bond acceptors (Lipinski definition) is 3. The molecule has 0 radical (unpaired) electrons. The fraction of sp³-hybridized carbons (Fsp3) is 0.444. The first-order valence-electron chi connectivity index (χ1n) is 4.08. The van der Waals surface area contributed by atoms with Gasteiger partial charge in [0.15, 0.2) is 0 Å². The molecule has 0 aromatic carbocycles. The Kier molecular flexibility index (Phi) is 3.69. The molecule has 0 saturated heterocycles. The molecule has 0 aliphatic carbocycles. The van der Waals surface area contributed by atoms with Crippen molar-refractivity contribution in [2.75, 3.05) is 13.7 Å². The minimum atomic E-state index is 0.328. The second-order valence-corrected chi connectivity index (χ2v) is 3.75. The number of nitrogens with two attached hydrogens (primary N) is 1. The van der Waals surface area contributed by atoms with Crippen LogP contribution in [-0.2, 0) is 0 Å². The van der Waals surface area contributed by atoms with E-state index in [0.29, 0.717) is 18.3 Å². The third-order valence-corrected chi connectivity index (χ3v) is 2.51. The molecule has 2 N–H and O–H groups in total. The van der Waals surface area contributed by atoms with Crippen LogP contribution in [0.1, 0.15) is 18.4 Å². The Balaban J connectivity index is 2.95. The van der Waals surface area contributed by atoms with Gasteiger partial charge in [0.05, 0.1) is 11.6 Å². The zero-order valence-electron chi connectivity index (χ0n) is 7.75. The summed E-state index contributed by atoms with van der Waals surface area (Å²) >= 11 is 3.38. The monoisotopic (exact) mass is 244 g/mol. The lowest BCUT2D eigenvalue weighted by atomic mass is 10.0. The molecule has 0 aliphatic rings. The van der Waals surface area contributed by atoms with Crippen LogP contribution in [0.2, 0.25) is 0 Å². The molecule has 0 saturated carbocycles. The summed E-state index contributed by atoms with van der Waals surface area (Å²) in [5.41, 5.74) is 6.67.